The molecule has 0 atom stereocenters. The molecule has 2 aromatic heterocycles. The van der Waals surface area contributed by atoms with Gasteiger partial charge in [-0.05, 0) is 18.9 Å². The molecular formula is C14H14F3N5O2. The summed E-state index contributed by atoms with van der Waals surface area (Å²) in [6, 6.07) is 1.68. The molecule has 1 aliphatic heterocycles. The topological polar surface area (TPSA) is 91.0 Å². The highest BCUT2D eigenvalue weighted by Crippen LogP contribution is 2.25. The minimum absolute atomic E-state index is 0.0890. The fourth-order valence-electron chi connectivity index (χ4n) is 2.67. The number of rotatable bonds is 2. The van der Waals surface area contributed by atoms with Gasteiger partial charge >= 0.3 is 12.1 Å². The number of hydrogen-bond acceptors (Lipinski definition) is 4. The van der Waals surface area contributed by atoms with Crippen LogP contribution < -0.4 is 5.32 Å². The summed E-state index contributed by atoms with van der Waals surface area (Å²) in [4.78, 5) is 35.0. The Morgan fingerprint density at radius 2 is 1.96 bits per heavy atom. The maximum absolute atomic E-state index is 12.4. The maximum Gasteiger partial charge on any atom is 0.471 e. The van der Waals surface area contributed by atoms with Crippen LogP contribution in [0.5, 0.6) is 0 Å². The number of carbonyl (C=O) groups is 2. The highest BCUT2D eigenvalue weighted by molar-refractivity contribution is 5.94. The third-order valence-electron chi connectivity index (χ3n) is 3.94. The molecule has 1 saturated heterocycles. The second kappa shape index (κ2) is 6.10. The van der Waals surface area contributed by atoms with Gasteiger partial charge in [0.25, 0.3) is 0 Å². The lowest BCUT2D eigenvalue weighted by Crippen LogP contribution is -2.46. The molecule has 0 unspecified atom stereocenters. The SMILES string of the molecule is O=C(Nc1cnc2nc[nH]c2c1)C1CCN(C(=O)C(F)(F)F)CC1. The Hall–Kier alpha value is -2.65. The van der Waals surface area contributed by atoms with Gasteiger partial charge in [0.2, 0.25) is 5.91 Å². The van der Waals surface area contributed by atoms with Crippen LogP contribution >= 0.6 is 0 Å². The Labute approximate surface area is 134 Å². The van der Waals surface area contributed by atoms with Crippen molar-refractivity contribution < 1.29 is 22.8 Å². The van der Waals surface area contributed by atoms with Crippen molar-refractivity contribution in [2.24, 2.45) is 5.92 Å². The van der Waals surface area contributed by atoms with E-state index in [2.05, 4.69) is 20.3 Å². The Balaban J connectivity index is 1.58. The molecule has 0 aromatic carbocycles. The lowest BCUT2D eigenvalue weighted by Gasteiger charge is -2.31. The van der Waals surface area contributed by atoms with Crippen molar-refractivity contribution >= 4 is 28.7 Å². The van der Waals surface area contributed by atoms with Gasteiger partial charge in [0, 0.05) is 19.0 Å². The number of likely N-dealkylation sites (tertiary alicyclic amines) is 1. The number of alkyl halides is 3. The van der Waals surface area contributed by atoms with Crippen molar-refractivity contribution in [2.75, 3.05) is 18.4 Å². The summed E-state index contributed by atoms with van der Waals surface area (Å²) < 4.78 is 37.2. The summed E-state index contributed by atoms with van der Waals surface area (Å²) in [6.07, 6.45) is -1.55. The number of nitrogens with zero attached hydrogens (tertiary/aromatic N) is 3. The van der Waals surface area contributed by atoms with E-state index in [0.29, 0.717) is 16.9 Å². The number of halogens is 3. The molecule has 2 N–H and O–H groups in total. The molecule has 10 heteroatoms. The Bertz CT molecular complexity index is 765. The highest BCUT2D eigenvalue weighted by atomic mass is 19.4. The lowest BCUT2D eigenvalue weighted by molar-refractivity contribution is -0.186. The second-order valence-electron chi connectivity index (χ2n) is 5.55. The van der Waals surface area contributed by atoms with Crippen LogP contribution in [-0.2, 0) is 9.59 Å². The number of H-pyrrole nitrogens is 1. The normalized spacial score (nSPS) is 16.4. The minimum atomic E-state index is -4.87. The van der Waals surface area contributed by atoms with Crippen molar-refractivity contribution in [1.29, 1.82) is 0 Å². The van der Waals surface area contributed by atoms with Gasteiger partial charge in [-0.25, -0.2) is 9.97 Å². The molecule has 0 spiro atoms. The smallest absolute Gasteiger partial charge is 0.343 e. The van der Waals surface area contributed by atoms with Crippen LogP contribution in [0.15, 0.2) is 18.6 Å². The summed E-state index contributed by atoms with van der Waals surface area (Å²) in [5.74, 6) is -2.59. The van der Waals surface area contributed by atoms with Gasteiger partial charge in [-0.15, -0.1) is 0 Å². The summed E-state index contributed by atoms with van der Waals surface area (Å²) >= 11 is 0. The summed E-state index contributed by atoms with van der Waals surface area (Å²) in [5.41, 5.74) is 1.66. The van der Waals surface area contributed by atoms with E-state index >= 15 is 0 Å². The van der Waals surface area contributed by atoms with Crippen LogP contribution in [0.1, 0.15) is 12.8 Å². The maximum atomic E-state index is 12.4. The average molecular weight is 341 g/mol. The number of hydrogen-bond donors (Lipinski definition) is 2. The standard InChI is InChI=1S/C14H14F3N5O2/c15-14(16,17)13(24)22-3-1-8(2-4-22)12(23)21-9-5-10-11(18-6-9)20-7-19-10/h5-8H,1-4H2,(H,21,23)(H,18,19,20). The number of imidazole rings is 1. The van der Waals surface area contributed by atoms with Gasteiger partial charge in [0.15, 0.2) is 5.65 Å². The van der Waals surface area contributed by atoms with E-state index < -0.39 is 18.0 Å². The number of carbonyl (C=O) groups excluding carboxylic acids is 2. The first kappa shape index (κ1) is 16.2. The number of pyridine rings is 1. The Morgan fingerprint density at radius 1 is 1.25 bits per heavy atom. The number of amides is 2. The zero-order valence-electron chi connectivity index (χ0n) is 12.4. The van der Waals surface area contributed by atoms with E-state index in [4.69, 9.17) is 0 Å². The predicted molar refractivity (Wildman–Crippen MR) is 77.9 cm³/mol. The van der Waals surface area contributed by atoms with Gasteiger partial charge < -0.3 is 15.2 Å². The van der Waals surface area contributed by atoms with Crippen molar-refractivity contribution in [3.63, 3.8) is 0 Å². The zero-order chi connectivity index (χ0) is 17.3. The van der Waals surface area contributed by atoms with Crippen molar-refractivity contribution in [3.8, 4) is 0 Å². The average Bonchev–Trinajstić information content (AvgIpc) is 3.01. The van der Waals surface area contributed by atoms with Crippen molar-refractivity contribution in [1.82, 2.24) is 19.9 Å². The predicted octanol–water partition coefficient (Wildman–Crippen LogP) is 1.70. The van der Waals surface area contributed by atoms with Gasteiger partial charge in [-0.3, -0.25) is 9.59 Å². The highest BCUT2D eigenvalue weighted by Gasteiger charge is 2.43. The molecule has 2 aromatic rings. The molecule has 1 aliphatic rings. The van der Waals surface area contributed by atoms with E-state index in [1.165, 1.54) is 12.5 Å². The number of fused-ring (bicyclic) bond motifs is 1. The molecule has 0 radical (unpaired) electrons. The number of piperidine rings is 1. The first-order valence-corrected chi connectivity index (χ1v) is 7.30. The largest absolute Gasteiger partial charge is 0.471 e. The second-order valence-corrected chi connectivity index (χ2v) is 5.55. The number of aromatic nitrogens is 3. The van der Waals surface area contributed by atoms with Crippen LogP contribution in [0, 0.1) is 5.92 Å². The van der Waals surface area contributed by atoms with Crippen LogP contribution in [0.3, 0.4) is 0 Å². The molecular weight excluding hydrogens is 327 g/mol. The number of aromatic amines is 1. The van der Waals surface area contributed by atoms with E-state index in [1.54, 1.807) is 6.07 Å². The quantitative estimate of drug-likeness (QED) is 0.870. The monoisotopic (exact) mass is 341 g/mol. The Morgan fingerprint density at radius 3 is 2.62 bits per heavy atom. The van der Waals surface area contributed by atoms with E-state index in [0.717, 1.165) is 4.90 Å². The third-order valence-corrected chi connectivity index (χ3v) is 3.94. The molecule has 7 nitrogen and oxygen atoms in total. The molecule has 128 valence electrons. The van der Waals surface area contributed by atoms with Gasteiger partial charge in [0.05, 0.1) is 23.7 Å². The minimum Gasteiger partial charge on any atom is -0.343 e. The molecule has 0 saturated carbocycles. The summed E-state index contributed by atoms with van der Waals surface area (Å²) in [5, 5.41) is 2.69. The fourth-order valence-corrected chi connectivity index (χ4v) is 2.67. The van der Waals surface area contributed by atoms with E-state index in [9.17, 15) is 22.8 Å². The first-order valence-electron chi connectivity index (χ1n) is 7.30. The Kier molecular flexibility index (Phi) is 4.12. The summed E-state index contributed by atoms with van der Waals surface area (Å²) in [7, 11) is 0. The van der Waals surface area contributed by atoms with Crippen LogP contribution in [-0.4, -0.2) is 50.9 Å². The van der Waals surface area contributed by atoms with Crippen LogP contribution in [0.2, 0.25) is 0 Å². The molecule has 1 fully saturated rings. The van der Waals surface area contributed by atoms with Gasteiger partial charge in [-0.2, -0.15) is 13.2 Å². The molecule has 3 heterocycles. The van der Waals surface area contributed by atoms with Gasteiger partial charge in [-0.1, -0.05) is 0 Å². The zero-order valence-corrected chi connectivity index (χ0v) is 12.4. The van der Waals surface area contributed by atoms with Crippen LogP contribution in [0.25, 0.3) is 11.2 Å². The van der Waals surface area contributed by atoms with E-state index in [1.807, 2.05) is 0 Å². The van der Waals surface area contributed by atoms with Crippen molar-refractivity contribution in [2.45, 2.75) is 19.0 Å². The number of nitrogens with one attached hydrogen (secondary N) is 2. The lowest BCUT2D eigenvalue weighted by atomic mass is 9.95. The molecule has 3 rings (SSSR count). The van der Waals surface area contributed by atoms with Gasteiger partial charge in [0.1, 0.15) is 0 Å². The number of anilines is 1. The summed E-state index contributed by atoms with van der Waals surface area (Å²) in [6.45, 7) is -0.178. The van der Waals surface area contributed by atoms with E-state index in [-0.39, 0.29) is 31.8 Å². The molecule has 2 amide bonds. The molecule has 0 aliphatic carbocycles. The molecule has 0 bridgehead atoms. The van der Waals surface area contributed by atoms with Crippen molar-refractivity contribution in [3.05, 3.63) is 18.6 Å². The molecule has 24 heavy (non-hydrogen) atoms. The fraction of sp³-hybridized carbons (Fsp3) is 0.429. The third kappa shape index (κ3) is 3.31. The van der Waals surface area contributed by atoms with Crippen LogP contribution in [0.4, 0.5) is 18.9 Å². The first-order chi connectivity index (χ1) is 11.3.